The van der Waals surface area contributed by atoms with Crippen molar-refractivity contribution in [3.8, 4) is 0 Å². The van der Waals surface area contributed by atoms with Gasteiger partial charge in [-0.15, -0.1) is 0 Å². The number of nitrogens with one attached hydrogen (secondary N) is 2. The summed E-state index contributed by atoms with van der Waals surface area (Å²) < 4.78 is 0. The van der Waals surface area contributed by atoms with Gasteiger partial charge in [0.1, 0.15) is 6.04 Å². The van der Waals surface area contributed by atoms with E-state index in [9.17, 15) is 9.59 Å². The molecule has 0 saturated heterocycles. The third kappa shape index (κ3) is 5.32. The minimum Gasteiger partial charge on any atom is -0.352 e. The maximum Gasteiger partial charge on any atom is 0.251 e. The molecule has 1 aromatic carbocycles. The van der Waals surface area contributed by atoms with Crippen LogP contribution < -0.4 is 10.6 Å². The summed E-state index contributed by atoms with van der Waals surface area (Å²) in [5, 5.41) is 6.01. The van der Waals surface area contributed by atoms with Gasteiger partial charge in [-0.2, -0.15) is 0 Å². The highest BCUT2D eigenvalue weighted by molar-refractivity contribution is 5.97. The molecule has 0 radical (unpaired) electrons. The minimum atomic E-state index is -0.504. The van der Waals surface area contributed by atoms with E-state index in [4.69, 9.17) is 0 Å². The zero-order valence-corrected chi connectivity index (χ0v) is 16.2. The molecule has 1 unspecified atom stereocenters. The van der Waals surface area contributed by atoms with Crippen LogP contribution in [0, 0.1) is 5.92 Å². The molecule has 0 aliphatic heterocycles. The van der Waals surface area contributed by atoms with Crippen LogP contribution in [0.1, 0.15) is 76.2 Å². The van der Waals surface area contributed by atoms with Crippen molar-refractivity contribution in [2.75, 3.05) is 0 Å². The lowest BCUT2D eigenvalue weighted by atomic mass is 9.86. The molecule has 4 nitrogen and oxygen atoms in total. The lowest BCUT2D eigenvalue weighted by Crippen LogP contribution is -2.51. The highest BCUT2D eigenvalue weighted by atomic mass is 16.2. The topological polar surface area (TPSA) is 58.2 Å². The average molecular weight is 344 g/mol. The number of rotatable bonds is 5. The fraction of sp³-hybridized carbons (Fsp3) is 0.619. The van der Waals surface area contributed by atoms with Gasteiger partial charge in [-0.1, -0.05) is 59.6 Å². The molecule has 1 aliphatic carbocycles. The van der Waals surface area contributed by atoms with Crippen LogP contribution in [0.5, 0.6) is 0 Å². The van der Waals surface area contributed by atoms with E-state index in [-0.39, 0.29) is 29.2 Å². The first kappa shape index (κ1) is 19.5. The van der Waals surface area contributed by atoms with Gasteiger partial charge in [0.25, 0.3) is 5.91 Å². The number of hydrogen-bond donors (Lipinski definition) is 2. The van der Waals surface area contributed by atoms with E-state index in [0.29, 0.717) is 5.56 Å². The Bertz CT molecular complexity index is 593. The molecule has 1 aliphatic rings. The average Bonchev–Trinajstić information content (AvgIpc) is 3.04. The van der Waals surface area contributed by atoms with Crippen molar-refractivity contribution < 1.29 is 9.59 Å². The van der Waals surface area contributed by atoms with Crippen LogP contribution in [0.25, 0.3) is 0 Å². The molecule has 138 valence electrons. The van der Waals surface area contributed by atoms with Gasteiger partial charge in [-0.05, 0) is 41.9 Å². The number of hydrogen-bond acceptors (Lipinski definition) is 2. The maximum atomic E-state index is 12.6. The van der Waals surface area contributed by atoms with E-state index in [1.165, 1.54) is 18.4 Å². The summed E-state index contributed by atoms with van der Waals surface area (Å²) in [4.78, 5) is 25.1. The summed E-state index contributed by atoms with van der Waals surface area (Å²) in [5.74, 6) is -0.221. The Morgan fingerprint density at radius 3 is 2.08 bits per heavy atom. The highest BCUT2D eigenvalue weighted by Gasteiger charge is 2.27. The van der Waals surface area contributed by atoms with E-state index in [0.717, 1.165) is 12.8 Å². The van der Waals surface area contributed by atoms with Crippen molar-refractivity contribution in [2.45, 2.75) is 77.8 Å². The molecular weight excluding hydrogens is 312 g/mol. The van der Waals surface area contributed by atoms with Gasteiger partial charge in [-0.25, -0.2) is 0 Å². The van der Waals surface area contributed by atoms with Crippen molar-refractivity contribution in [1.82, 2.24) is 10.6 Å². The second kappa shape index (κ2) is 8.03. The summed E-state index contributed by atoms with van der Waals surface area (Å²) >= 11 is 0. The number of carbonyl (C=O) groups is 2. The lowest BCUT2D eigenvalue weighted by molar-refractivity contribution is -0.124. The Hall–Kier alpha value is -1.84. The summed E-state index contributed by atoms with van der Waals surface area (Å²) in [5.41, 5.74) is 1.83. The standard InChI is InChI=1S/C21H32N2O2/c1-14(2)18(20(25)22-17-8-6-7-9-17)23-19(24)15-10-12-16(13-11-15)21(3,4)5/h10-14,17-18H,6-9H2,1-5H3,(H,22,25)(H,23,24). The Balaban J connectivity index is 2.02. The van der Waals surface area contributed by atoms with Gasteiger partial charge < -0.3 is 10.6 Å². The predicted octanol–water partition coefficient (Wildman–Crippen LogP) is 3.80. The molecule has 25 heavy (non-hydrogen) atoms. The van der Waals surface area contributed by atoms with Crippen LogP contribution in [0.15, 0.2) is 24.3 Å². The molecular formula is C21H32N2O2. The van der Waals surface area contributed by atoms with Gasteiger partial charge in [0.15, 0.2) is 0 Å². The fourth-order valence-corrected chi connectivity index (χ4v) is 3.24. The Morgan fingerprint density at radius 2 is 1.60 bits per heavy atom. The van der Waals surface area contributed by atoms with Crippen molar-refractivity contribution in [3.05, 3.63) is 35.4 Å². The molecule has 1 aromatic rings. The second-order valence-electron chi connectivity index (χ2n) is 8.51. The molecule has 0 heterocycles. The smallest absolute Gasteiger partial charge is 0.251 e. The summed E-state index contributed by atoms with van der Waals surface area (Å²) in [7, 11) is 0. The molecule has 2 rings (SSSR count). The van der Waals surface area contributed by atoms with E-state index in [1.807, 2.05) is 38.1 Å². The molecule has 4 heteroatoms. The van der Waals surface area contributed by atoms with Crippen LogP contribution in [-0.2, 0) is 10.2 Å². The van der Waals surface area contributed by atoms with Crippen LogP contribution in [0.2, 0.25) is 0 Å². The molecule has 1 fully saturated rings. The molecule has 0 bridgehead atoms. The van der Waals surface area contributed by atoms with Crippen LogP contribution in [0.3, 0.4) is 0 Å². The molecule has 1 saturated carbocycles. The molecule has 0 aromatic heterocycles. The fourth-order valence-electron chi connectivity index (χ4n) is 3.24. The Kier molecular flexibility index (Phi) is 6.26. The van der Waals surface area contributed by atoms with E-state index in [1.54, 1.807) is 0 Å². The van der Waals surface area contributed by atoms with Gasteiger partial charge in [0.2, 0.25) is 5.91 Å². The third-order valence-electron chi connectivity index (χ3n) is 4.95. The number of carbonyl (C=O) groups excluding carboxylic acids is 2. The van der Waals surface area contributed by atoms with Crippen molar-refractivity contribution >= 4 is 11.8 Å². The maximum absolute atomic E-state index is 12.6. The Labute approximate surface area is 151 Å². The minimum absolute atomic E-state index is 0.0409. The predicted molar refractivity (Wildman–Crippen MR) is 102 cm³/mol. The van der Waals surface area contributed by atoms with Crippen molar-refractivity contribution in [1.29, 1.82) is 0 Å². The zero-order valence-electron chi connectivity index (χ0n) is 16.2. The van der Waals surface area contributed by atoms with Crippen LogP contribution >= 0.6 is 0 Å². The quantitative estimate of drug-likeness (QED) is 0.853. The third-order valence-corrected chi connectivity index (χ3v) is 4.95. The number of amides is 2. The molecule has 0 spiro atoms. The van der Waals surface area contributed by atoms with Crippen molar-refractivity contribution in [2.24, 2.45) is 5.92 Å². The lowest BCUT2D eigenvalue weighted by Gasteiger charge is -2.24. The highest BCUT2D eigenvalue weighted by Crippen LogP contribution is 2.22. The van der Waals surface area contributed by atoms with Crippen LogP contribution in [-0.4, -0.2) is 23.9 Å². The summed E-state index contributed by atoms with van der Waals surface area (Å²) in [6.07, 6.45) is 4.42. The van der Waals surface area contributed by atoms with E-state index < -0.39 is 6.04 Å². The SMILES string of the molecule is CC(C)C(NC(=O)c1ccc(C(C)(C)C)cc1)C(=O)NC1CCCC1. The van der Waals surface area contributed by atoms with E-state index in [2.05, 4.69) is 31.4 Å². The summed E-state index contributed by atoms with van der Waals surface area (Å²) in [6.45, 7) is 10.3. The van der Waals surface area contributed by atoms with E-state index >= 15 is 0 Å². The zero-order chi connectivity index (χ0) is 18.6. The van der Waals surface area contributed by atoms with Crippen LogP contribution in [0.4, 0.5) is 0 Å². The Morgan fingerprint density at radius 1 is 1.04 bits per heavy atom. The first-order chi connectivity index (χ1) is 11.7. The number of benzene rings is 1. The largest absolute Gasteiger partial charge is 0.352 e. The van der Waals surface area contributed by atoms with Gasteiger partial charge in [0, 0.05) is 11.6 Å². The first-order valence-electron chi connectivity index (χ1n) is 9.40. The molecule has 2 N–H and O–H groups in total. The summed E-state index contributed by atoms with van der Waals surface area (Å²) in [6, 6.07) is 7.40. The first-order valence-corrected chi connectivity index (χ1v) is 9.40. The molecule has 1 atom stereocenters. The normalized spacial score (nSPS) is 16.7. The van der Waals surface area contributed by atoms with Gasteiger partial charge >= 0.3 is 0 Å². The van der Waals surface area contributed by atoms with Gasteiger partial charge in [-0.3, -0.25) is 9.59 Å². The van der Waals surface area contributed by atoms with Gasteiger partial charge in [0.05, 0.1) is 0 Å². The second-order valence-corrected chi connectivity index (χ2v) is 8.51. The monoisotopic (exact) mass is 344 g/mol. The molecule has 2 amide bonds. The van der Waals surface area contributed by atoms with Crippen molar-refractivity contribution in [3.63, 3.8) is 0 Å².